The van der Waals surface area contributed by atoms with Crippen molar-refractivity contribution in [1.82, 2.24) is 9.97 Å². The third-order valence-electron chi connectivity index (χ3n) is 4.68. The van der Waals surface area contributed by atoms with Gasteiger partial charge in [0.2, 0.25) is 0 Å². The number of carbonyl (C=O) groups is 1. The molecule has 6 nitrogen and oxygen atoms in total. The van der Waals surface area contributed by atoms with Crippen molar-refractivity contribution in [2.75, 3.05) is 0 Å². The Morgan fingerprint density at radius 1 is 1.17 bits per heavy atom. The number of rotatable bonds is 4. The van der Waals surface area contributed by atoms with Crippen molar-refractivity contribution in [3.8, 4) is 17.4 Å². The van der Waals surface area contributed by atoms with Gasteiger partial charge >= 0.3 is 5.97 Å². The van der Waals surface area contributed by atoms with Crippen LogP contribution in [0.3, 0.4) is 0 Å². The van der Waals surface area contributed by atoms with Crippen molar-refractivity contribution < 1.29 is 14.3 Å². The molecule has 142 valence electrons. The monoisotopic (exact) mass is 383 g/mol. The molecule has 0 spiro atoms. The number of H-pyrrole nitrogens is 1. The van der Waals surface area contributed by atoms with Gasteiger partial charge in [-0.2, -0.15) is 5.26 Å². The molecule has 6 heteroatoms. The van der Waals surface area contributed by atoms with Gasteiger partial charge in [-0.3, -0.25) is 0 Å². The molecule has 2 heterocycles. The summed E-state index contributed by atoms with van der Waals surface area (Å²) in [5.41, 5.74) is 4.88. The number of hydrogen-bond acceptors (Lipinski definition) is 4. The van der Waals surface area contributed by atoms with Crippen LogP contribution in [0.1, 0.15) is 33.1 Å². The second-order valence-electron chi connectivity index (χ2n) is 6.81. The Morgan fingerprint density at radius 3 is 2.76 bits per heavy atom. The smallest absolute Gasteiger partial charge is 0.335 e. The number of aromatic carboxylic acids is 1. The van der Waals surface area contributed by atoms with Gasteiger partial charge in [-0.1, -0.05) is 12.1 Å². The van der Waals surface area contributed by atoms with Crippen LogP contribution in [0.25, 0.3) is 34.0 Å². The van der Waals surface area contributed by atoms with Gasteiger partial charge in [-0.25, -0.2) is 9.78 Å². The average Bonchev–Trinajstić information content (AvgIpc) is 3.32. The Hall–Kier alpha value is -4.11. The minimum absolute atomic E-state index is 0.189. The molecule has 0 radical (unpaired) electrons. The van der Waals surface area contributed by atoms with Gasteiger partial charge in [0.15, 0.2) is 0 Å². The number of aryl methyl sites for hydroxylation is 2. The highest BCUT2D eigenvalue weighted by Gasteiger charge is 2.13. The number of aromatic nitrogens is 2. The van der Waals surface area contributed by atoms with E-state index < -0.39 is 5.97 Å². The zero-order valence-electron chi connectivity index (χ0n) is 15.9. The van der Waals surface area contributed by atoms with Crippen LogP contribution in [0, 0.1) is 25.2 Å². The van der Waals surface area contributed by atoms with E-state index in [1.165, 1.54) is 0 Å². The van der Waals surface area contributed by atoms with Crippen LogP contribution < -0.4 is 0 Å². The Kier molecular flexibility index (Phi) is 4.49. The van der Waals surface area contributed by atoms with E-state index in [1.807, 2.05) is 32.0 Å². The van der Waals surface area contributed by atoms with E-state index in [1.54, 1.807) is 36.4 Å². The fraction of sp³-hybridized carbons (Fsp3) is 0.0870. The molecule has 0 aliphatic heterocycles. The Bertz CT molecular complexity index is 1320. The van der Waals surface area contributed by atoms with Crippen LogP contribution in [0.15, 0.2) is 52.9 Å². The molecule has 29 heavy (non-hydrogen) atoms. The second kappa shape index (κ2) is 7.13. The predicted octanol–water partition coefficient (Wildman–Crippen LogP) is 5.20. The predicted molar refractivity (Wildman–Crippen MR) is 110 cm³/mol. The SMILES string of the molecule is Cc1ccc2nc(C(C#N)=Cc3ccc(-c4cc(C(=O)O)ccc4C)o3)[nH]c2c1. The summed E-state index contributed by atoms with van der Waals surface area (Å²) < 4.78 is 5.87. The van der Waals surface area contributed by atoms with Crippen molar-refractivity contribution in [3.63, 3.8) is 0 Å². The number of benzene rings is 2. The van der Waals surface area contributed by atoms with Gasteiger partial charge in [-0.15, -0.1) is 0 Å². The summed E-state index contributed by atoms with van der Waals surface area (Å²) in [5, 5.41) is 18.8. The largest absolute Gasteiger partial charge is 0.478 e. The highest BCUT2D eigenvalue weighted by Crippen LogP contribution is 2.28. The second-order valence-corrected chi connectivity index (χ2v) is 6.81. The summed E-state index contributed by atoms with van der Waals surface area (Å²) in [7, 11) is 0. The Labute approximate surface area is 166 Å². The van der Waals surface area contributed by atoms with Crippen molar-refractivity contribution in [1.29, 1.82) is 5.26 Å². The zero-order chi connectivity index (χ0) is 20.5. The van der Waals surface area contributed by atoms with E-state index in [0.717, 1.165) is 22.2 Å². The molecule has 4 aromatic rings. The molecule has 2 aromatic heterocycles. The summed E-state index contributed by atoms with van der Waals surface area (Å²) in [5.74, 6) is 0.489. The van der Waals surface area contributed by atoms with Crippen LogP contribution >= 0.6 is 0 Å². The van der Waals surface area contributed by atoms with Gasteiger partial charge in [0.1, 0.15) is 23.4 Å². The first-order valence-corrected chi connectivity index (χ1v) is 8.97. The van der Waals surface area contributed by atoms with Gasteiger partial charge in [0.25, 0.3) is 0 Å². The summed E-state index contributed by atoms with van der Waals surface area (Å²) in [4.78, 5) is 18.9. The van der Waals surface area contributed by atoms with Crippen molar-refractivity contribution in [2.24, 2.45) is 0 Å². The van der Waals surface area contributed by atoms with E-state index in [0.29, 0.717) is 28.5 Å². The van der Waals surface area contributed by atoms with Gasteiger partial charge < -0.3 is 14.5 Å². The molecule has 0 saturated carbocycles. The van der Waals surface area contributed by atoms with Gasteiger partial charge in [-0.05, 0) is 61.4 Å². The molecule has 0 saturated heterocycles. The molecule has 0 fully saturated rings. The zero-order valence-corrected chi connectivity index (χ0v) is 15.9. The Morgan fingerprint density at radius 2 is 2.00 bits per heavy atom. The lowest BCUT2D eigenvalue weighted by Crippen LogP contribution is -1.96. The summed E-state index contributed by atoms with van der Waals surface area (Å²) in [6.07, 6.45) is 1.62. The summed E-state index contributed by atoms with van der Waals surface area (Å²) >= 11 is 0. The molecule has 0 unspecified atom stereocenters. The number of imidazole rings is 1. The van der Waals surface area contributed by atoms with Crippen LogP contribution in [-0.2, 0) is 0 Å². The standard InChI is InChI=1S/C23H17N3O3/c1-13-3-7-19-20(9-13)26-22(25-19)16(12-24)10-17-6-8-21(29-17)18-11-15(23(27)28)5-4-14(18)2/h3-11H,1-2H3,(H,25,26)(H,27,28). The first-order valence-electron chi connectivity index (χ1n) is 8.97. The summed E-state index contributed by atoms with van der Waals surface area (Å²) in [6.45, 7) is 3.88. The lowest BCUT2D eigenvalue weighted by Gasteiger charge is -2.04. The maximum atomic E-state index is 11.3. The number of carboxylic acids is 1. The quantitative estimate of drug-likeness (QED) is 0.471. The van der Waals surface area contributed by atoms with Crippen LogP contribution in [-0.4, -0.2) is 21.0 Å². The van der Waals surface area contributed by atoms with Gasteiger partial charge in [0.05, 0.1) is 22.2 Å². The van der Waals surface area contributed by atoms with E-state index in [4.69, 9.17) is 4.42 Å². The molecular weight excluding hydrogens is 366 g/mol. The molecule has 0 aliphatic rings. The molecule has 0 amide bonds. The summed E-state index contributed by atoms with van der Waals surface area (Å²) in [6, 6.07) is 16.4. The molecule has 0 aliphatic carbocycles. The fourth-order valence-corrected chi connectivity index (χ4v) is 3.14. The van der Waals surface area contributed by atoms with E-state index >= 15 is 0 Å². The van der Waals surface area contributed by atoms with E-state index in [-0.39, 0.29) is 5.56 Å². The minimum atomic E-state index is -0.996. The molecule has 4 rings (SSSR count). The average molecular weight is 383 g/mol. The van der Waals surface area contributed by atoms with Gasteiger partial charge in [0, 0.05) is 11.6 Å². The van der Waals surface area contributed by atoms with E-state index in [9.17, 15) is 15.2 Å². The van der Waals surface area contributed by atoms with E-state index in [2.05, 4.69) is 16.0 Å². The Balaban J connectivity index is 1.71. The number of nitrogens with zero attached hydrogens (tertiary/aromatic N) is 2. The van der Waals surface area contributed by atoms with Crippen molar-refractivity contribution in [2.45, 2.75) is 13.8 Å². The molecule has 0 bridgehead atoms. The lowest BCUT2D eigenvalue weighted by molar-refractivity contribution is 0.0697. The van der Waals surface area contributed by atoms with Crippen LogP contribution in [0.4, 0.5) is 0 Å². The van der Waals surface area contributed by atoms with Crippen molar-refractivity contribution >= 4 is 28.7 Å². The topological polar surface area (TPSA) is 103 Å². The molecule has 2 N–H and O–H groups in total. The number of carboxylic acid groups (broad SMARTS) is 1. The maximum Gasteiger partial charge on any atom is 0.335 e. The number of allylic oxidation sites excluding steroid dienone is 1. The normalized spacial score (nSPS) is 11.6. The molecule has 0 atom stereocenters. The fourth-order valence-electron chi connectivity index (χ4n) is 3.14. The number of fused-ring (bicyclic) bond motifs is 1. The number of aromatic amines is 1. The maximum absolute atomic E-state index is 11.3. The minimum Gasteiger partial charge on any atom is -0.478 e. The lowest BCUT2D eigenvalue weighted by atomic mass is 10.0. The number of nitrogens with one attached hydrogen (secondary N) is 1. The number of hydrogen-bond donors (Lipinski definition) is 2. The van der Waals surface area contributed by atoms with Crippen LogP contribution in [0.2, 0.25) is 0 Å². The first kappa shape index (κ1) is 18.3. The van der Waals surface area contributed by atoms with Crippen LogP contribution in [0.5, 0.6) is 0 Å². The number of furan rings is 1. The third-order valence-corrected chi connectivity index (χ3v) is 4.68. The number of nitriles is 1. The molecule has 2 aromatic carbocycles. The highest BCUT2D eigenvalue weighted by molar-refractivity contribution is 5.91. The first-order chi connectivity index (χ1) is 13.9. The third kappa shape index (κ3) is 3.54. The highest BCUT2D eigenvalue weighted by atomic mass is 16.4. The van der Waals surface area contributed by atoms with Crippen molar-refractivity contribution in [3.05, 3.63) is 76.8 Å². The molecular formula is C23H17N3O3.